The predicted molar refractivity (Wildman–Crippen MR) is 131 cm³/mol. The quantitative estimate of drug-likeness (QED) is 0.399. The largest absolute Gasteiger partial charge is 0.480 e. The SMILES string of the molecule is O=C(NC(Cc1nccn1Cc1ccccc1)C(=O)O)OCC1c2ccccc2-c2ccccc21. The van der Waals surface area contributed by atoms with Crippen LogP contribution in [0.1, 0.15) is 28.4 Å². The van der Waals surface area contributed by atoms with Gasteiger partial charge in [-0.1, -0.05) is 78.9 Å². The van der Waals surface area contributed by atoms with E-state index in [4.69, 9.17) is 4.74 Å². The van der Waals surface area contributed by atoms with E-state index in [1.807, 2.05) is 71.3 Å². The number of benzene rings is 3. The van der Waals surface area contributed by atoms with Gasteiger partial charge in [0.25, 0.3) is 0 Å². The fourth-order valence-electron chi connectivity index (χ4n) is 4.62. The molecule has 0 radical (unpaired) electrons. The summed E-state index contributed by atoms with van der Waals surface area (Å²) in [6, 6.07) is 24.8. The Labute approximate surface area is 203 Å². The van der Waals surface area contributed by atoms with Crippen LogP contribution in [0.2, 0.25) is 0 Å². The van der Waals surface area contributed by atoms with Crippen molar-refractivity contribution in [2.24, 2.45) is 0 Å². The molecule has 0 aliphatic heterocycles. The average Bonchev–Trinajstić information content (AvgIpc) is 3.44. The highest BCUT2D eigenvalue weighted by molar-refractivity contribution is 5.81. The lowest BCUT2D eigenvalue weighted by Gasteiger charge is -2.18. The van der Waals surface area contributed by atoms with Crippen molar-refractivity contribution < 1.29 is 19.4 Å². The Kier molecular flexibility index (Phi) is 6.30. The van der Waals surface area contributed by atoms with E-state index in [1.54, 1.807) is 12.4 Å². The molecule has 1 aliphatic rings. The number of aromatic nitrogens is 2. The topological polar surface area (TPSA) is 93.5 Å². The highest BCUT2D eigenvalue weighted by atomic mass is 16.5. The third kappa shape index (κ3) is 4.80. The molecule has 2 N–H and O–H groups in total. The van der Waals surface area contributed by atoms with Gasteiger partial charge in [-0.3, -0.25) is 0 Å². The summed E-state index contributed by atoms with van der Waals surface area (Å²) in [5, 5.41) is 12.2. The summed E-state index contributed by atoms with van der Waals surface area (Å²) in [5.74, 6) is -0.672. The minimum atomic E-state index is -1.16. The number of carbonyl (C=O) groups excluding carboxylic acids is 1. The van der Waals surface area contributed by atoms with Gasteiger partial charge in [0.2, 0.25) is 0 Å². The van der Waals surface area contributed by atoms with Gasteiger partial charge in [0.05, 0.1) is 0 Å². The van der Waals surface area contributed by atoms with Gasteiger partial charge in [-0.15, -0.1) is 0 Å². The van der Waals surface area contributed by atoms with Crippen molar-refractivity contribution in [1.29, 1.82) is 0 Å². The number of carboxylic acids is 1. The van der Waals surface area contributed by atoms with E-state index in [0.717, 1.165) is 27.8 Å². The van der Waals surface area contributed by atoms with Gasteiger partial charge in [0, 0.05) is 31.3 Å². The Bertz CT molecular complexity index is 1300. The van der Waals surface area contributed by atoms with E-state index < -0.39 is 18.1 Å². The Hall–Kier alpha value is -4.39. The summed E-state index contributed by atoms with van der Waals surface area (Å²) in [6.45, 7) is 0.683. The van der Waals surface area contributed by atoms with Crippen molar-refractivity contribution in [3.8, 4) is 11.1 Å². The maximum atomic E-state index is 12.6. The van der Waals surface area contributed by atoms with Crippen molar-refractivity contribution in [2.45, 2.75) is 24.9 Å². The average molecular weight is 468 g/mol. The molecular weight excluding hydrogens is 442 g/mol. The van der Waals surface area contributed by atoms with Crippen LogP contribution in [-0.2, 0) is 22.5 Å². The van der Waals surface area contributed by atoms with Crippen LogP contribution in [0.4, 0.5) is 4.79 Å². The molecule has 1 unspecified atom stereocenters. The predicted octanol–water partition coefficient (Wildman–Crippen LogP) is 4.47. The van der Waals surface area contributed by atoms with Gasteiger partial charge in [0.15, 0.2) is 0 Å². The lowest BCUT2D eigenvalue weighted by Crippen LogP contribution is -2.43. The number of aliphatic carboxylic acids is 1. The molecule has 1 atom stereocenters. The van der Waals surface area contributed by atoms with Crippen molar-refractivity contribution in [3.05, 3.63) is 114 Å². The molecule has 1 aliphatic carbocycles. The molecule has 0 saturated heterocycles. The number of carbonyl (C=O) groups is 2. The van der Waals surface area contributed by atoms with E-state index in [2.05, 4.69) is 22.4 Å². The normalized spacial score (nSPS) is 13.0. The summed E-state index contributed by atoms with van der Waals surface area (Å²) in [7, 11) is 0. The first-order chi connectivity index (χ1) is 17.1. The number of hydrogen-bond acceptors (Lipinski definition) is 4. The van der Waals surface area contributed by atoms with Gasteiger partial charge in [-0.2, -0.15) is 0 Å². The second kappa shape index (κ2) is 9.85. The smallest absolute Gasteiger partial charge is 0.407 e. The Morgan fingerprint density at radius 3 is 2.23 bits per heavy atom. The molecule has 176 valence electrons. The van der Waals surface area contributed by atoms with E-state index in [0.29, 0.717) is 12.4 Å². The maximum Gasteiger partial charge on any atom is 0.407 e. The number of hydrogen-bond donors (Lipinski definition) is 2. The third-order valence-electron chi connectivity index (χ3n) is 6.32. The fraction of sp³-hybridized carbons (Fsp3) is 0.179. The van der Waals surface area contributed by atoms with Crippen molar-refractivity contribution in [3.63, 3.8) is 0 Å². The van der Waals surface area contributed by atoms with Gasteiger partial charge in [0.1, 0.15) is 18.5 Å². The number of nitrogens with one attached hydrogen (secondary N) is 1. The number of ether oxygens (including phenoxy) is 1. The molecule has 7 nitrogen and oxygen atoms in total. The Morgan fingerprint density at radius 2 is 1.57 bits per heavy atom. The summed E-state index contributed by atoms with van der Waals surface area (Å²) >= 11 is 0. The molecular formula is C28H25N3O4. The molecule has 1 heterocycles. The van der Waals surface area contributed by atoms with Crippen LogP contribution < -0.4 is 5.32 Å². The van der Waals surface area contributed by atoms with Crippen molar-refractivity contribution >= 4 is 12.1 Å². The fourth-order valence-corrected chi connectivity index (χ4v) is 4.62. The zero-order valence-electron chi connectivity index (χ0n) is 19.0. The molecule has 5 rings (SSSR count). The zero-order chi connectivity index (χ0) is 24.2. The second-order valence-electron chi connectivity index (χ2n) is 8.52. The van der Waals surface area contributed by atoms with Gasteiger partial charge in [-0.05, 0) is 27.8 Å². The number of rotatable bonds is 8. The van der Waals surface area contributed by atoms with Crippen LogP contribution in [0.3, 0.4) is 0 Å². The lowest BCUT2D eigenvalue weighted by molar-refractivity contribution is -0.139. The molecule has 35 heavy (non-hydrogen) atoms. The number of carboxylic acid groups (broad SMARTS) is 1. The first-order valence-corrected chi connectivity index (χ1v) is 11.5. The van der Waals surface area contributed by atoms with Crippen molar-refractivity contribution in [2.75, 3.05) is 6.61 Å². The van der Waals surface area contributed by atoms with E-state index in [-0.39, 0.29) is 18.9 Å². The highest BCUT2D eigenvalue weighted by Gasteiger charge is 2.30. The molecule has 0 saturated carbocycles. The number of amides is 1. The van der Waals surface area contributed by atoms with Gasteiger partial charge < -0.3 is 19.7 Å². The standard InChI is InChI=1S/C28H25N3O4/c32-27(33)25(16-26-29-14-15-31(26)17-19-8-2-1-3-9-19)30-28(34)35-18-24-22-12-6-4-10-20(22)21-11-5-7-13-23(21)24/h1-15,24-25H,16-18H2,(H,30,34)(H,32,33). The Balaban J connectivity index is 1.24. The molecule has 0 spiro atoms. The van der Waals surface area contributed by atoms with Crippen LogP contribution in [0.25, 0.3) is 11.1 Å². The van der Waals surface area contributed by atoms with Crippen LogP contribution in [-0.4, -0.2) is 39.4 Å². The van der Waals surface area contributed by atoms with Crippen LogP contribution in [0.15, 0.2) is 91.3 Å². The van der Waals surface area contributed by atoms with Gasteiger partial charge >= 0.3 is 12.1 Å². The molecule has 4 aromatic rings. The second-order valence-corrected chi connectivity index (χ2v) is 8.52. The number of fused-ring (bicyclic) bond motifs is 3. The van der Waals surface area contributed by atoms with Crippen LogP contribution in [0.5, 0.6) is 0 Å². The summed E-state index contributed by atoms with van der Waals surface area (Å²) in [6.07, 6.45) is 2.71. The molecule has 3 aromatic carbocycles. The number of nitrogens with zero attached hydrogens (tertiary/aromatic N) is 2. The van der Waals surface area contributed by atoms with Crippen LogP contribution in [0, 0.1) is 0 Å². The minimum Gasteiger partial charge on any atom is -0.480 e. The summed E-state index contributed by atoms with van der Waals surface area (Å²) in [4.78, 5) is 28.8. The Morgan fingerprint density at radius 1 is 0.943 bits per heavy atom. The first kappa shape index (κ1) is 22.4. The van der Waals surface area contributed by atoms with E-state index >= 15 is 0 Å². The maximum absolute atomic E-state index is 12.6. The van der Waals surface area contributed by atoms with Gasteiger partial charge in [-0.25, -0.2) is 14.6 Å². The van der Waals surface area contributed by atoms with E-state index in [9.17, 15) is 14.7 Å². The molecule has 7 heteroatoms. The zero-order valence-corrected chi connectivity index (χ0v) is 19.0. The molecule has 0 fully saturated rings. The summed E-state index contributed by atoms with van der Waals surface area (Å²) < 4.78 is 7.40. The summed E-state index contributed by atoms with van der Waals surface area (Å²) in [5.41, 5.74) is 5.53. The molecule has 1 aromatic heterocycles. The highest BCUT2D eigenvalue weighted by Crippen LogP contribution is 2.44. The van der Waals surface area contributed by atoms with Crippen LogP contribution >= 0.6 is 0 Å². The third-order valence-corrected chi connectivity index (χ3v) is 6.32. The van der Waals surface area contributed by atoms with E-state index in [1.165, 1.54) is 0 Å². The van der Waals surface area contributed by atoms with Crippen molar-refractivity contribution in [1.82, 2.24) is 14.9 Å². The molecule has 0 bridgehead atoms. The molecule has 1 amide bonds. The monoisotopic (exact) mass is 467 g/mol. The number of alkyl carbamates (subject to hydrolysis) is 1. The lowest BCUT2D eigenvalue weighted by atomic mass is 9.98. The number of imidazole rings is 1. The first-order valence-electron chi connectivity index (χ1n) is 11.5. The minimum absolute atomic E-state index is 0.0410.